The Hall–Kier alpha value is -4.20. The van der Waals surface area contributed by atoms with Crippen LogP contribution < -0.4 is 15.0 Å². The molecule has 8 heteroatoms. The van der Waals surface area contributed by atoms with E-state index in [4.69, 9.17) is 4.74 Å². The van der Waals surface area contributed by atoms with E-state index in [-0.39, 0.29) is 11.8 Å². The number of piperidine rings is 1. The largest absolute Gasteiger partial charge is 0.497 e. The quantitative estimate of drug-likeness (QED) is 0.470. The minimum Gasteiger partial charge on any atom is -0.497 e. The molecule has 4 aromatic rings. The lowest BCUT2D eigenvalue weighted by molar-refractivity contribution is -0.120. The zero-order valence-corrected chi connectivity index (χ0v) is 19.0. The molecule has 1 aliphatic rings. The van der Waals surface area contributed by atoms with Gasteiger partial charge in [-0.05, 0) is 37.1 Å². The van der Waals surface area contributed by atoms with Crippen LogP contribution in [0.1, 0.15) is 12.8 Å². The molecule has 34 heavy (non-hydrogen) atoms. The third-order valence-electron chi connectivity index (χ3n) is 6.01. The van der Waals surface area contributed by atoms with Crippen LogP contribution in [-0.4, -0.2) is 45.9 Å². The van der Waals surface area contributed by atoms with E-state index in [9.17, 15) is 4.79 Å². The highest BCUT2D eigenvalue weighted by Crippen LogP contribution is 2.25. The van der Waals surface area contributed by atoms with Crippen LogP contribution in [0.15, 0.2) is 79.1 Å². The molecule has 2 aromatic carbocycles. The van der Waals surface area contributed by atoms with E-state index in [0.717, 1.165) is 42.3 Å². The summed E-state index contributed by atoms with van der Waals surface area (Å²) in [6.45, 7) is 1.45. The highest BCUT2D eigenvalue weighted by atomic mass is 16.5. The maximum Gasteiger partial charge on any atom is 0.229 e. The van der Waals surface area contributed by atoms with E-state index < -0.39 is 0 Å². The van der Waals surface area contributed by atoms with Crippen molar-refractivity contribution >= 4 is 17.4 Å². The van der Waals surface area contributed by atoms with Crippen LogP contribution in [0.3, 0.4) is 0 Å². The van der Waals surface area contributed by atoms with Crippen LogP contribution in [0.5, 0.6) is 5.75 Å². The smallest absolute Gasteiger partial charge is 0.229 e. The van der Waals surface area contributed by atoms with E-state index in [0.29, 0.717) is 18.1 Å². The summed E-state index contributed by atoms with van der Waals surface area (Å²) in [6, 6.07) is 21.3. The number of ether oxygens (including phenoxy) is 1. The number of anilines is 2. The minimum atomic E-state index is -0.125. The van der Waals surface area contributed by atoms with Crippen molar-refractivity contribution in [3.63, 3.8) is 0 Å². The van der Waals surface area contributed by atoms with E-state index >= 15 is 0 Å². The van der Waals surface area contributed by atoms with Crippen molar-refractivity contribution in [2.75, 3.05) is 30.4 Å². The maximum atomic E-state index is 12.9. The monoisotopic (exact) mass is 454 g/mol. The standard InChI is InChI=1S/C26H26N6O2/c1-34-22-11-5-10-21(17-22)28-26(33)20-9-6-15-31(18-20)23-12-13-24(30-29-23)32-16-14-27-25(32)19-7-3-2-4-8-19/h2-5,7-8,10-14,16-17,20H,6,9,15,18H2,1H3,(H,28,33). The van der Waals surface area contributed by atoms with Crippen molar-refractivity contribution in [1.29, 1.82) is 0 Å². The molecular weight excluding hydrogens is 428 g/mol. The third kappa shape index (κ3) is 4.61. The van der Waals surface area contributed by atoms with Gasteiger partial charge in [0.05, 0.1) is 13.0 Å². The molecule has 5 rings (SSSR count). The highest BCUT2D eigenvalue weighted by Gasteiger charge is 2.27. The molecule has 8 nitrogen and oxygen atoms in total. The van der Waals surface area contributed by atoms with Crippen LogP contribution in [0.25, 0.3) is 17.2 Å². The number of benzene rings is 2. The van der Waals surface area contributed by atoms with Gasteiger partial charge in [-0.25, -0.2) is 4.98 Å². The number of methoxy groups -OCH3 is 1. The molecule has 1 N–H and O–H groups in total. The maximum absolute atomic E-state index is 12.9. The summed E-state index contributed by atoms with van der Waals surface area (Å²) in [5, 5.41) is 11.9. The van der Waals surface area contributed by atoms with Gasteiger partial charge in [0.1, 0.15) is 11.6 Å². The summed E-state index contributed by atoms with van der Waals surface area (Å²) in [5.74, 6) is 2.88. The second kappa shape index (κ2) is 9.74. The molecule has 0 spiro atoms. The summed E-state index contributed by atoms with van der Waals surface area (Å²) in [7, 11) is 1.61. The molecule has 1 amide bonds. The van der Waals surface area contributed by atoms with Gasteiger partial charge < -0.3 is 15.0 Å². The van der Waals surface area contributed by atoms with Gasteiger partial charge in [0.15, 0.2) is 11.6 Å². The number of hydrogen-bond donors (Lipinski definition) is 1. The summed E-state index contributed by atoms with van der Waals surface area (Å²) < 4.78 is 7.17. The second-order valence-corrected chi connectivity index (χ2v) is 8.24. The number of aromatic nitrogens is 4. The fourth-order valence-corrected chi connectivity index (χ4v) is 4.25. The lowest BCUT2D eigenvalue weighted by atomic mass is 9.97. The number of rotatable bonds is 6. The van der Waals surface area contributed by atoms with Crippen LogP contribution in [0.4, 0.5) is 11.5 Å². The normalized spacial score (nSPS) is 15.7. The highest BCUT2D eigenvalue weighted by molar-refractivity contribution is 5.93. The van der Waals surface area contributed by atoms with Crippen molar-refractivity contribution in [1.82, 2.24) is 19.7 Å². The molecular formula is C26H26N6O2. The average molecular weight is 455 g/mol. The van der Waals surface area contributed by atoms with Crippen molar-refractivity contribution in [3.8, 4) is 23.0 Å². The first-order valence-corrected chi connectivity index (χ1v) is 11.3. The number of hydrogen-bond acceptors (Lipinski definition) is 6. The number of carbonyl (C=O) groups excluding carboxylic acids is 1. The van der Waals surface area contributed by atoms with Crippen molar-refractivity contribution in [2.24, 2.45) is 5.92 Å². The summed E-state index contributed by atoms with van der Waals surface area (Å²) >= 11 is 0. The summed E-state index contributed by atoms with van der Waals surface area (Å²) in [4.78, 5) is 19.5. The third-order valence-corrected chi connectivity index (χ3v) is 6.01. The molecule has 1 saturated heterocycles. The van der Waals surface area contributed by atoms with Crippen LogP contribution in [0.2, 0.25) is 0 Å². The van der Waals surface area contributed by atoms with Gasteiger partial charge in [-0.1, -0.05) is 36.4 Å². The van der Waals surface area contributed by atoms with Gasteiger partial charge in [0.2, 0.25) is 5.91 Å². The van der Waals surface area contributed by atoms with E-state index in [1.54, 1.807) is 13.3 Å². The van der Waals surface area contributed by atoms with Gasteiger partial charge in [0.25, 0.3) is 0 Å². The molecule has 1 aliphatic heterocycles. The number of imidazole rings is 1. The fraction of sp³-hybridized carbons (Fsp3) is 0.231. The Bertz CT molecular complexity index is 1260. The molecule has 3 heterocycles. The van der Waals surface area contributed by atoms with E-state index in [2.05, 4.69) is 25.4 Å². The minimum absolute atomic E-state index is 0.00782. The molecule has 0 radical (unpaired) electrons. The molecule has 1 fully saturated rings. The number of nitrogens with zero attached hydrogens (tertiary/aromatic N) is 5. The SMILES string of the molecule is COc1cccc(NC(=O)C2CCCN(c3ccc(-n4ccnc4-c4ccccc4)nn3)C2)c1. The van der Waals surface area contributed by atoms with Gasteiger partial charge in [-0.3, -0.25) is 9.36 Å². The topological polar surface area (TPSA) is 85.2 Å². The lowest BCUT2D eigenvalue weighted by Gasteiger charge is -2.32. The molecule has 2 aromatic heterocycles. The van der Waals surface area contributed by atoms with Gasteiger partial charge in [-0.2, -0.15) is 0 Å². The average Bonchev–Trinajstić information content (AvgIpc) is 3.40. The van der Waals surface area contributed by atoms with Crippen molar-refractivity contribution in [3.05, 3.63) is 79.1 Å². The molecule has 0 saturated carbocycles. The molecule has 0 aliphatic carbocycles. The predicted octanol–water partition coefficient (Wildman–Crippen LogP) is 4.19. The second-order valence-electron chi connectivity index (χ2n) is 8.24. The van der Waals surface area contributed by atoms with Gasteiger partial charge in [0, 0.05) is 42.8 Å². The Kier molecular flexibility index (Phi) is 6.20. The first-order valence-electron chi connectivity index (χ1n) is 11.3. The number of amides is 1. The van der Waals surface area contributed by atoms with Gasteiger partial charge in [-0.15, -0.1) is 10.2 Å². The Morgan fingerprint density at radius 3 is 2.65 bits per heavy atom. The zero-order chi connectivity index (χ0) is 23.3. The lowest BCUT2D eigenvalue weighted by Crippen LogP contribution is -2.41. The first-order chi connectivity index (χ1) is 16.7. The zero-order valence-electron chi connectivity index (χ0n) is 19.0. The van der Waals surface area contributed by atoms with E-state index in [1.165, 1.54) is 0 Å². The Balaban J connectivity index is 1.28. The first kappa shape index (κ1) is 21.6. The van der Waals surface area contributed by atoms with Crippen LogP contribution in [-0.2, 0) is 4.79 Å². The number of nitrogens with one attached hydrogen (secondary N) is 1. The van der Waals surface area contributed by atoms with Crippen LogP contribution >= 0.6 is 0 Å². The Morgan fingerprint density at radius 1 is 1.03 bits per heavy atom. The number of carbonyl (C=O) groups is 1. The predicted molar refractivity (Wildman–Crippen MR) is 131 cm³/mol. The molecule has 1 unspecified atom stereocenters. The Morgan fingerprint density at radius 2 is 1.85 bits per heavy atom. The fourth-order valence-electron chi connectivity index (χ4n) is 4.25. The van der Waals surface area contributed by atoms with E-state index in [1.807, 2.05) is 77.5 Å². The van der Waals surface area contributed by atoms with Crippen molar-refractivity contribution < 1.29 is 9.53 Å². The molecule has 0 bridgehead atoms. The summed E-state index contributed by atoms with van der Waals surface area (Å²) in [5.41, 5.74) is 1.75. The van der Waals surface area contributed by atoms with Crippen molar-refractivity contribution in [2.45, 2.75) is 12.8 Å². The van der Waals surface area contributed by atoms with Crippen LogP contribution in [0, 0.1) is 5.92 Å². The van der Waals surface area contributed by atoms with Gasteiger partial charge >= 0.3 is 0 Å². The molecule has 172 valence electrons. The Labute approximate surface area is 198 Å². The summed E-state index contributed by atoms with van der Waals surface area (Å²) in [6.07, 6.45) is 5.40. The molecule has 1 atom stereocenters.